The molecule has 0 heterocycles. The van der Waals surface area contributed by atoms with E-state index in [1.807, 2.05) is 49.4 Å². The topological polar surface area (TPSA) is 50.4 Å². The number of carbonyl (C=O) groups excluding carboxylic acids is 1. The van der Waals surface area contributed by atoms with Crippen LogP contribution in [0.15, 0.2) is 48.7 Å². The summed E-state index contributed by atoms with van der Waals surface area (Å²) in [6.07, 6.45) is 4.28. The molecule has 0 radical (unpaired) electrons. The van der Waals surface area contributed by atoms with E-state index in [0.717, 1.165) is 34.5 Å². The molecule has 4 heteroatoms. The molecule has 0 fully saturated rings. The maximum absolute atomic E-state index is 12.1. The average molecular weight is 310 g/mol. The van der Waals surface area contributed by atoms with Gasteiger partial charge in [-0.05, 0) is 36.6 Å². The summed E-state index contributed by atoms with van der Waals surface area (Å²) in [7, 11) is 1.62. The molecule has 0 aliphatic rings. The number of amides is 2. The van der Waals surface area contributed by atoms with Gasteiger partial charge in [0.05, 0.1) is 7.11 Å². The van der Waals surface area contributed by atoms with Gasteiger partial charge in [0.15, 0.2) is 0 Å². The molecule has 0 unspecified atom stereocenters. The number of methoxy groups -OCH3 is 1. The Morgan fingerprint density at radius 1 is 1.17 bits per heavy atom. The van der Waals surface area contributed by atoms with Crippen molar-refractivity contribution in [1.82, 2.24) is 5.32 Å². The fourth-order valence-electron chi connectivity index (χ4n) is 2.36. The van der Waals surface area contributed by atoms with E-state index in [-0.39, 0.29) is 6.03 Å². The van der Waals surface area contributed by atoms with Gasteiger partial charge in [-0.1, -0.05) is 43.3 Å². The zero-order valence-corrected chi connectivity index (χ0v) is 13.7. The van der Waals surface area contributed by atoms with Crippen LogP contribution >= 0.6 is 0 Å². The van der Waals surface area contributed by atoms with E-state index in [2.05, 4.69) is 17.6 Å². The summed E-state index contributed by atoms with van der Waals surface area (Å²) in [5.41, 5.74) is 3.95. The quantitative estimate of drug-likeness (QED) is 0.862. The number of hydrogen-bond donors (Lipinski definition) is 2. The predicted octanol–water partition coefficient (Wildman–Crippen LogP) is 4.36. The van der Waals surface area contributed by atoms with Crippen molar-refractivity contribution in [2.24, 2.45) is 0 Å². The highest BCUT2D eigenvalue weighted by Crippen LogP contribution is 2.21. The highest BCUT2D eigenvalue weighted by molar-refractivity contribution is 5.92. The second-order valence-corrected chi connectivity index (χ2v) is 5.14. The third-order valence-electron chi connectivity index (χ3n) is 3.59. The van der Waals surface area contributed by atoms with Crippen molar-refractivity contribution in [3.63, 3.8) is 0 Å². The molecule has 0 saturated carbocycles. The third kappa shape index (κ3) is 4.36. The van der Waals surface area contributed by atoms with Gasteiger partial charge in [-0.15, -0.1) is 0 Å². The van der Waals surface area contributed by atoms with Gasteiger partial charge >= 0.3 is 6.03 Å². The van der Waals surface area contributed by atoms with Gasteiger partial charge in [0.2, 0.25) is 0 Å². The molecule has 23 heavy (non-hydrogen) atoms. The van der Waals surface area contributed by atoms with Gasteiger partial charge in [0.25, 0.3) is 0 Å². The molecule has 2 rings (SSSR count). The summed E-state index contributed by atoms with van der Waals surface area (Å²) in [5.74, 6) is 0.762. The van der Waals surface area contributed by atoms with Crippen LogP contribution in [0.5, 0.6) is 5.75 Å². The molecule has 120 valence electrons. The second kappa shape index (κ2) is 8.03. The van der Waals surface area contributed by atoms with Gasteiger partial charge < -0.3 is 15.4 Å². The molecule has 2 aromatic carbocycles. The second-order valence-electron chi connectivity index (χ2n) is 5.14. The Morgan fingerprint density at radius 2 is 1.96 bits per heavy atom. The summed E-state index contributed by atoms with van der Waals surface area (Å²) in [6.45, 7) is 4.05. The minimum atomic E-state index is -0.264. The number of aryl methyl sites for hydroxylation is 2. The maximum Gasteiger partial charge on any atom is 0.323 e. The molecule has 0 aromatic heterocycles. The standard InChI is InChI=1S/C19H22N2O2/c1-4-15-10-7-8-14(2)18(15)21-19(22)20-13-12-16-9-5-6-11-17(16)23-3/h5-13H,4H2,1-3H3,(H2,20,21,22)/b13-12+. The highest BCUT2D eigenvalue weighted by Gasteiger charge is 2.07. The van der Waals surface area contributed by atoms with E-state index >= 15 is 0 Å². The molecular weight excluding hydrogens is 288 g/mol. The van der Waals surface area contributed by atoms with Crippen molar-refractivity contribution in [1.29, 1.82) is 0 Å². The lowest BCUT2D eigenvalue weighted by Gasteiger charge is -2.12. The Morgan fingerprint density at radius 3 is 2.70 bits per heavy atom. The van der Waals surface area contributed by atoms with E-state index in [1.54, 1.807) is 19.4 Å². The first-order valence-corrected chi connectivity index (χ1v) is 7.61. The van der Waals surface area contributed by atoms with Gasteiger partial charge in [0, 0.05) is 17.5 Å². The summed E-state index contributed by atoms with van der Waals surface area (Å²) < 4.78 is 5.26. The molecule has 2 amide bonds. The van der Waals surface area contributed by atoms with Gasteiger partial charge in [-0.3, -0.25) is 0 Å². The molecule has 0 saturated heterocycles. The third-order valence-corrected chi connectivity index (χ3v) is 3.59. The highest BCUT2D eigenvalue weighted by atomic mass is 16.5. The smallest absolute Gasteiger partial charge is 0.323 e. The monoisotopic (exact) mass is 310 g/mol. The van der Waals surface area contributed by atoms with Crippen LogP contribution in [0.25, 0.3) is 6.08 Å². The van der Waals surface area contributed by atoms with Gasteiger partial charge in [-0.25, -0.2) is 4.79 Å². The zero-order chi connectivity index (χ0) is 16.7. The summed E-state index contributed by atoms with van der Waals surface area (Å²) in [5, 5.41) is 5.64. The van der Waals surface area contributed by atoms with Crippen molar-refractivity contribution in [2.75, 3.05) is 12.4 Å². The van der Waals surface area contributed by atoms with Crippen LogP contribution in [-0.2, 0) is 6.42 Å². The molecular formula is C19H22N2O2. The summed E-state index contributed by atoms with van der Waals surface area (Å²) >= 11 is 0. The minimum absolute atomic E-state index is 0.264. The van der Waals surface area contributed by atoms with Crippen LogP contribution in [-0.4, -0.2) is 13.1 Å². The van der Waals surface area contributed by atoms with E-state index < -0.39 is 0 Å². The molecule has 2 aromatic rings. The number of benzene rings is 2. The van der Waals surface area contributed by atoms with Crippen LogP contribution < -0.4 is 15.4 Å². The van der Waals surface area contributed by atoms with Crippen LogP contribution in [0.3, 0.4) is 0 Å². The number of para-hydroxylation sites is 2. The van der Waals surface area contributed by atoms with E-state index in [1.165, 1.54) is 0 Å². The van der Waals surface area contributed by atoms with Crippen LogP contribution in [0.4, 0.5) is 10.5 Å². The number of nitrogens with one attached hydrogen (secondary N) is 2. The van der Waals surface area contributed by atoms with Crippen molar-refractivity contribution in [3.05, 3.63) is 65.4 Å². The molecule has 0 bridgehead atoms. The van der Waals surface area contributed by atoms with Crippen LogP contribution in [0.2, 0.25) is 0 Å². The van der Waals surface area contributed by atoms with Crippen LogP contribution in [0, 0.1) is 6.92 Å². The lowest BCUT2D eigenvalue weighted by Crippen LogP contribution is -2.24. The van der Waals surface area contributed by atoms with Crippen molar-refractivity contribution in [3.8, 4) is 5.75 Å². The molecule has 0 aliphatic carbocycles. The predicted molar refractivity (Wildman–Crippen MR) is 94.7 cm³/mol. The first-order valence-electron chi connectivity index (χ1n) is 7.61. The maximum atomic E-state index is 12.1. The van der Waals surface area contributed by atoms with Crippen molar-refractivity contribution >= 4 is 17.8 Å². The molecule has 0 aliphatic heterocycles. The Kier molecular flexibility index (Phi) is 5.80. The Bertz CT molecular complexity index is 708. The van der Waals surface area contributed by atoms with E-state index in [0.29, 0.717) is 0 Å². The Balaban J connectivity index is 2.02. The number of anilines is 1. The summed E-state index contributed by atoms with van der Waals surface area (Å²) in [6, 6.07) is 13.4. The van der Waals surface area contributed by atoms with Crippen LogP contribution in [0.1, 0.15) is 23.6 Å². The zero-order valence-electron chi connectivity index (χ0n) is 13.7. The minimum Gasteiger partial charge on any atom is -0.496 e. The fraction of sp³-hybridized carbons (Fsp3) is 0.211. The summed E-state index contributed by atoms with van der Waals surface area (Å²) in [4.78, 5) is 12.1. The van der Waals surface area contributed by atoms with Gasteiger partial charge in [-0.2, -0.15) is 0 Å². The van der Waals surface area contributed by atoms with E-state index in [4.69, 9.17) is 4.74 Å². The lowest BCUT2D eigenvalue weighted by molar-refractivity contribution is 0.255. The number of hydrogen-bond acceptors (Lipinski definition) is 2. The van der Waals surface area contributed by atoms with Gasteiger partial charge in [0.1, 0.15) is 5.75 Å². The number of carbonyl (C=O) groups is 1. The largest absolute Gasteiger partial charge is 0.496 e. The SMILES string of the molecule is CCc1cccc(C)c1NC(=O)N/C=C/c1ccccc1OC. The molecule has 2 N–H and O–H groups in total. The molecule has 0 spiro atoms. The Labute approximate surface area is 137 Å². The number of urea groups is 1. The number of rotatable bonds is 5. The van der Waals surface area contributed by atoms with Crippen molar-refractivity contribution in [2.45, 2.75) is 20.3 Å². The molecule has 4 nitrogen and oxygen atoms in total. The van der Waals surface area contributed by atoms with E-state index in [9.17, 15) is 4.79 Å². The first-order chi connectivity index (χ1) is 11.2. The Hall–Kier alpha value is -2.75. The molecule has 0 atom stereocenters. The average Bonchev–Trinajstić information content (AvgIpc) is 2.57. The number of ether oxygens (including phenoxy) is 1. The lowest BCUT2D eigenvalue weighted by atomic mass is 10.1. The van der Waals surface area contributed by atoms with Crippen molar-refractivity contribution < 1.29 is 9.53 Å². The fourth-order valence-corrected chi connectivity index (χ4v) is 2.36. The normalized spacial score (nSPS) is 10.6. The first kappa shape index (κ1) is 16.6.